The molecule has 5 nitrogen and oxygen atoms in total. The molecule has 0 aromatic heterocycles. The number of rotatable bonds is 5. The Labute approximate surface area is 120 Å². The number of carbonyl (C=O) groups excluding carboxylic acids is 1. The van der Waals surface area contributed by atoms with Crippen molar-refractivity contribution in [1.82, 2.24) is 10.2 Å². The van der Waals surface area contributed by atoms with E-state index < -0.39 is 0 Å². The summed E-state index contributed by atoms with van der Waals surface area (Å²) in [4.78, 5) is 14.7. The fraction of sp³-hybridized carbons (Fsp3) is 0.533. The van der Waals surface area contributed by atoms with E-state index in [2.05, 4.69) is 10.2 Å². The van der Waals surface area contributed by atoms with Crippen LogP contribution < -0.4 is 15.8 Å². The molecule has 1 aromatic rings. The lowest BCUT2D eigenvalue weighted by atomic mass is 10.1. The first-order chi connectivity index (χ1) is 9.60. The summed E-state index contributed by atoms with van der Waals surface area (Å²) in [7, 11) is 1.55. The Kier molecular flexibility index (Phi) is 4.84. The number of benzene rings is 1. The fourth-order valence-corrected chi connectivity index (χ4v) is 2.60. The van der Waals surface area contributed by atoms with Gasteiger partial charge >= 0.3 is 0 Å². The third-order valence-corrected chi connectivity index (χ3v) is 3.58. The van der Waals surface area contributed by atoms with Gasteiger partial charge in [0.1, 0.15) is 5.75 Å². The largest absolute Gasteiger partial charge is 0.496 e. The minimum Gasteiger partial charge on any atom is -0.496 e. The maximum atomic E-state index is 12.3. The molecular weight excluding hydrogens is 254 g/mol. The van der Waals surface area contributed by atoms with Gasteiger partial charge in [0, 0.05) is 18.3 Å². The number of nitrogens with one attached hydrogen (secondary N) is 1. The van der Waals surface area contributed by atoms with Crippen molar-refractivity contribution in [2.75, 3.05) is 32.5 Å². The highest BCUT2D eigenvalue weighted by atomic mass is 16.5. The molecule has 1 aliphatic heterocycles. The van der Waals surface area contributed by atoms with E-state index >= 15 is 0 Å². The van der Waals surface area contributed by atoms with E-state index in [-0.39, 0.29) is 11.9 Å². The van der Waals surface area contributed by atoms with Crippen LogP contribution in [0.4, 0.5) is 5.69 Å². The second-order valence-electron chi connectivity index (χ2n) is 5.34. The van der Waals surface area contributed by atoms with Crippen LogP contribution in [-0.4, -0.2) is 43.6 Å². The predicted molar refractivity (Wildman–Crippen MR) is 80.0 cm³/mol. The van der Waals surface area contributed by atoms with E-state index in [0.717, 1.165) is 19.6 Å². The van der Waals surface area contributed by atoms with Crippen molar-refractivity contribution in [2.24, 2.45) is 0 Å². The van der Waals surface area contributed by atoms with Crippen LogP contribution in [0.1, 0.15) is 30.1 Å². The molecule has 0 bridgehead atoms. The van der Waals surface area contributed by atoms with Gasteiger partial charge in [0.2, 0.25) is 0 Å². The van der Waals surface area contributed by atoms with Crippen molar-refractivity contribution < 1.29 is 9.53 Å². The molecule has 3 N–H and O–H groups in total. The van der Waals surface area contributed by atoms with Gasteiger partial charge in [-0.05, 0) is 51.1 Å². The highest BCUT2D eigenvalue weighted by molar-refractivity contribution is 5.98. The van der Waals surface area contributed by atoms with E-state index in [0.29, 0.717) is 17.0 Å². The van der Waals surface area contributed by atoms with Gasteiger partial charge in [-0.1, -0.05) is 0 Å². The maximum absolute atomic E-state index is 12.3. The van der Waals surface area contributed by atoms with E-state index in [1.165, 1.54) is 12.8 Å². The second kappa shape index (κ2) is 6.61. The van der Waals surface area contributed by atoms with Crippen LogP contribution in [0.3, 0.4) is 0 Å². The molecule has 1 unspecified atom stereocenters. The standard InChI is InChI=1S/C15H23N3O2/c1-11(10-18-7-3-4-8-18)17-15(19)13-9-12(16)5-6-14(13)20-2/h5-6,9,11H,3-4,7-8,10,16H2,1-2H3,(H,17,19). The summed E-state index contributed by atoms with van der Waals surface area (Å²) in [6, 6.07) is 5.20. The Bertz CT molecular complexity index is 470. The molecule has 1 fully saturated rings. The molecular formula is C15H23N3O2. The van der Waals surface area contributed by atoms with Gasteiger partial charge in [-0.3, -0.25) is 4.79 Å². The highest BCUT2D eigenvalue weighted by Crippen LogP contribution is 2.21. The molecule has 0 saturated carbocycles. The van der Waals surface area contributed by atoms with Gasteiger partial charge in [-0.15, -0.1) is 0 Å². The lowest BCUT2D eigenvalue weighted by molar-refractivity contribution is 0.0929. The van der Waals surface area contributed by atoms with Crippen molar-refractivity contribution in [1.29, 1.82) is 0 Å². The van der Waals surface area contributed by atoms with Gasteiger partial charge in [0.15, 0.2) is 0 Å². The van der Waals surface area contributed by atoms with Crippen molar-refractivity contribution in [3.8, 4) is 5.75 Å². The Morgan fingerprint density at radius 3 is 2.80 bits per heavy atom. The van der Waals surface area contributed by atoms with Crippen molar-refractivity contribution in [2.45, 2.75) is 25.8 Å². The smallest absolute Gasteiger partial charge is 0.255 e. The van der Waals surface area contributed by atoms with Crippen molar-refractivity contribution in [3.05, 3.63) is 23.8 Å². The molecule has 1 atom stereocenters. The molecule has 0 aliphatic carbocycles. The Hall–Kier alpha value is -1.75. The van der Waals surface area contributed by atoms with Gasteiger partial charge in [-0.25, -0.2) is 0 Å². The molecule has 20 heavy (non-hydrogen) atoms. The summed E-state index contributed by atoms with van der Waals surface area (Å²) in [6.07, 6.45) is 2.51. The summed E-state index contributed by atoms with van der Waals surface area (Å²) in [5.41, 5.74) is 6.78. The summed E-state index contributed by atoms with van der Waals surface area (Å²) >= 11 is 0. The number of methoxy groups -OCH3 is 1. The van der Waals surface area contributed by atoms with Crippen LogP contribution in [-0.2, 0) is 0 Å². The van der Waals surface area contributed by atoms with Gasteiger partial charge < -0.3 is 20.7 Å². The first kappa shape index (κ1) is 14.7. The van der Waals surface area contributed by atoms with Crippen LogP contribution in [0.5, 0.6) is 5.75 Å². The number of carbonyl (C=O) groups is 1. The number of ether oxygens (including phenoxy) is 1. The van der Waals surface area contributed by atoms with E-state index in [1.54, 1.807) is 25.3 Å². The molecule has 5 heteroatoms. The number of hydrogen-bond donors (Lipinski definition) is 2. The molecule has 1 aromatic carbocycles. The number of nitrogen functional groups attached to an aromatic ring is 1. The molecule has 110 valence electrons. The summed E-state index contributed by atoms with van der Waals surface area (Å²) in [5, 5.41) is 3.01. The molecule has 2 rings (SSSR count). The number of nitrogens with two attached hydrogens (primary N) is 1. The topological polar surface area (TPSA) is 67.6 Å². The quantitative estimate of drug-likeness (QED) is 0.800. The first-order valence-corrected chi connectivity index (χ1v) is 7.07. The minimum absolute atomic E-state index is 0.103. The zero-order valence-electron chi connectivity index (χ0n) is 12.2. The lowest BCUT2D eigenvalue weighted by Crippen LogP contribution is -2.41. The summed E-state index contributed by atoms with van der Waals surface area (Å²) in [5.74, 6) is 0.408. The SMILES string of the molecule is COc1ccc(N)cc1C(=O)NC(C)CN1CCCC1. The van der Waals surface area contributed by atoms with Crippen LogP contribution >= 0.6 is 0 Å². The highest BCUT2D eigenvalue weighted by Gasteiger charge is 2.18. The maximum Gasteiger partial charge on any atom is 0.255 e. The lowest BCUT2D eigenvalue weighted by Gasteiger charge is -2.21. The third kappa shape index (κ3) is 3.63. The van der Waals surface area contributed by atoms with E-state index in [4.69, 9.17) is 10.5 Å². The molecule has 1 aliphatic rings. The van der Waals surface area contributed by atoms with Crippen molar-refractivity contribution >= 4 is 11.6 Å². The van der Waals surface area contributed by atoms with Gasteiger partial charge in [0.05, 0.1) is 12.7 Å². The monoisotopic (exact) mass is 277 g/mol. The van der Waals surface area contributed by atoms with Gasteiger partial charge in [-0.2, -0.15) is 0 Å². The Morgan fingerprint density at radius 1 is 1.45 bits per heavy atom. The van der Waals surface area contributed by atoms with Crippen molar-refractivity contribution in [3.63, 3.8) is 0 Å². The predicted octanol–water partition coefficient (Wildman–Crippen LogP) is 1.49. The first-order valence-electron chi connectivity index (χ1n) is 7.07. The van der Waals surface area contributed by atoms with Crippen LogP contribution in [0.15, 0.2) is 18.2 Å². The average Bonchev–Trinajstić information content (AvgIpc) is 2.91. The zero-order valence-corrected chi connectivity index (χ0v) is 12.2. The van der Waals surface area contributed by atoms with Crippen LogP contribution in [0.25, 0.3) is 0 Å². The normalized spacial score (nSPS) is 16.9. The van der Waals surface area contributed by atoms with E-state index in [9.17, 15) is 4.79 Å². The molecule has 1 saturated heterocycles. The minimum atomic E-state index is -0.138. The molecule has 1 amide bonds. The van der Waals surface area contributed by atoms with Crippen LogP contribution in [0, 0.1) is 0 Å². The summed E-state index contributed by atoms with van der Waals surface area (Å²) in [6.45, 7) is 5.16. The van der Waals surface area contributed by atoms with Crippen LogP contribution in [0.2, 0.25) is 0 Å². The number of likely N-dealkylation sites (tertiary alicyclic amines) is 1. The average molecular weight is 277 g/mol. The Morgan fingerprint density at radius 2 is 2.15 bits per heavy atom. The fourth-order valence-electron chi connectivity index (χ4n) is 2.60. The Balaban J connectivity index is 1.98. The number of anilines is 1. The number of nitrogens with zero attached hydrogens (tertiary/aromatic N) is 1. The molecule has 1 heterocycles. The third-order valence-electron chi connectivity index (χ3n) is 3.58. The molecule has 0 radical (unpaired) electrons. The van der Waals surface area contributed by atoms with Gasteiger partial charge in [0.25, 0.3) is 5.91 Å². The summed E-state index contributed by atoms with van der Waals surface area (Å²) < 4.78 is 5.21. The second-order valence-corrected chi connectivity index (χ2v) is 5.34. The zero-order chi connectivity index (χ0) is 14.5. The molecule has 0 spiro atoms. The van der Waals surface area contributed by atoms with E-state index in [1.807, 2.05) is 6.92 Å². The number of hydrogen-bond acceptors (Lipinski definition) is 4. The number of amides is 1.